The van der Waals surface area contributed by atoms with E-state index in [9.17, 15) is 5.11 Å². The summed E-state index contributed by atoms with van der Waals surface area (Å²) in [6.45, 7) is 7.62. The molecule has 134 valence electrons. The molecule has 4 atom stereocenters. The van der Waals surface area contributed by atoms with Crippen LogP contribution in [0.4, 0.5) is 0 Å². The Balaban J connectivity index is 1.64. The summed E-state index contributed by atoms with van der Waals surface area (Å²) in [6, 6.07) is 22.3. The molecule has 0 unspecified atom stereocenters. The smallest absolute Gasteiger partial charge is 0.0831 e. The topological polar surface area (TPSA) is 29.5 Å². The van der Waals surface area contributed by atoms with E-state index in [1.165, 1.54) is 10.8 Å². The summed E-state index contributed by atoms with van der Waals surface area (Å²) in [7, 11) is -1.57. The Morgan fingerprint density at radius 2 is 1.60 bits per heavy atom. The second-order valence-corrected chi connectivity index (χ2v) is 12.9. The van der Waals surface area contributed by atoms with E-state index >= 15 is 0 Å². The van der Waals surface area contributed by atoms with E-state index < -0.39 is 8.07 Å². The standard InChI is InChI=1S/C22H30O2Si/c1-17-21(16-25(2,3)20-12-8-5-9-13-20)24-15-19(22(17)23)14-18-10-6-4-7-11-18/h4-13,17,19,21-23H,14-16H2,1-3H3/t17-,19-,21-,22+/m0/s1. The molecule has 1 aliphatic rings. The fourth-order valence-corrected chi connectivity index (χ4v) is 6.82. The highest BCUT2D eigenvalue weighted by Gasteiger charge is 2.39. The van der Waals surface area contributed by atoms with Crippen molar-refractivity contribution in [2.75, 3.05) is 6.61 Å². The fourth-order valence-electron chi connectivity index (χ4n) is 4.00. The molecule has 2 nitrogen and oxygen atoms in total. The molecular weight excluding hydrogens is 324 g/mol. The molecule has 1 aliphatic heterocycles. The van der Waals surface area contributed by atoms with Gasteiger partial charge in [0.15, 0.2) is 0 Å². The first kappa shape index (κ1) is 18.4. The van der Waals surface area contributed by atoms with E-state index in [4.69, 9.17) is 4.74 Å². The van der Waals surface area contributed by atoms with Gasteiger partial charge in [-0.05, 0) is 18.0 Å². The Morgan fingerprint density at radius 3 is 2.24 bits per heavy atom. The predicted molar refractivity (Wildman–Crippen MR) is 107 cm³/mol. The van der Waals surface area contributed by atoms with Gasteiger partial charge in [0.25, 0.3) is 0 Å². The van der Waals surface area contributed by atoms with Crippen LogP contribution in [0.5, 0.6) is 0 Å². The lowest BCUT2D eigenvalue weighted by molar-refractivity contribution is -0.114. The number of ether oxygens (including phenoxy) is 1. The molecular formula is C22H30O2Si. The first-order valence-corrected chi connectivity index (χ1v) is 12.6. The molecule has 2 aromatic carbocycles. The van der Waals surface area contributed by atoms with Crippen LogP contribution >= 0.6 is 0 Å². The van der Waals surface area contributed by atoms with Gasteiger partial charge in [-0.3, -0.25) is 0 Å². The minimum Gasteiger partial charge on any atom is -0.392 e. The normalized spacial score (nSPS) is 27.2. The van der Waals surface area contributed by atoms with Gasteiger partial charge in [0.05, 0.1) is 26.9 Å². The molecule has 0 spiro atoms. The highest BCUT2D eigenvalue weighted by atomic mass is 28.3. The molecule has 0 aliphatic carbocycles. The van der Waals surface area contributed by atoms with Gasteiger partial charge in [-0.2, -0.15) is 0 Å². The zero-order chi connectivity index (χ0) is 17.9. The van der Waals surface area contributed by atoms with Gasteiger partial charge in [0.1, 0.15) is 0 Å². The average molecular weight is 355 g/mol. The fraction of sp³-hybridized carbons (Fsp3) is 0.455. The molecule has 0 bridgehead atoms. The highest BCUT2D eigenvalue weighted by molar-refractivity contribution is 6.89. The third-order valence-corrected chi connectivity index (χ3v) is 9.06. The number of aliphatic hydroxyl groups is 1. The molecule has 1 fully saturated rings. The molecule has 0 radical (unpaired) electrons. The third-order valence-electron chi connectivity index (χ3n) is 5.74. The summed E-state index contributed by atoms with van der Waals surface area (Å²) < 4.78 is 6.28. The van der Waals surface area contributed by atoms with Gasteiger partial charge in [-0.1, -0.05) is 85.9 Å². The second kappa shape index (κ2) is 7.86. The van der Waals surface area contributed by atoms with Gasteiger partial charge >= 0.3 is 0 Å². The van der Waals surface area contributed by atoms with Crippen molar-refractivity contribution in [3.05, 3.63) is 66.2 Å². The Kier molecular flexibility index (Phi) is 5.77. The molecule has 3 heteroatoms. The largest absolute Gasteiger partial charge is 0.392 e. The van der Waals surface area contributed by atoms with Crippen LogP contribution in [0.2, 0.25) is 19.1 Å². The monoisotopic (exact) mass is 354 g/mol. The number of hydrogen-bond donors (Lipinski definition) is 1. The molecule has 0 saturated carbocycles. The van der Waals surface area contributed by atoms with Crippen LogP contribution in [0.3, 0.4) is 0 Å². The molecule has 0 aromatic heterocycles. The summed E-state index contributed by atoms with van der Waals surface area (Å²) in [5.41, 5.74) is 1.28. The minimum absolute atomic E-state index is 0.156. The van der Waals surface area contributed by atoms with Crippen molar-refractivity contribution >= 4 is 13.3 Å². The number of benzene rings is 2. The molecule has 1 N–H and O–H groups in total. The van der Waals surface area contributed by atoms with Crippen LogP contribution in [0.1, 0.15) is 12.5 Å². The molecule has 3 rings (SSSR count). The number of rotatable bonds is 5. The summed E-state index contributed by atoms with van der Waals surface area (Å²) >= 11 is 0. The third kappa shape index (κ3) is 4.41. The quantitative estimate of drug-likeness (QED) is 0.826. The van der Waals surface area contributed by atoms with Gasteiger partial charge in [0, 0.05) is 11.8 Å². The van der Waals surface area contributed by atoms with Gasteiger partial charge in [0.2, 0.25) is 0 Å². The maximum absolute atomic E-state index is 10.9. The SMILES string of the molecule is C[C@@H]1[C@@H](O)[C@@H](Cc2ccccc2)CO[C@H]1C[Si](C)(C)c1ccccc1. The van der Waals surface area contributed by atoms with Crippen LogP contribution in [-0.4, -0.2) is 32.0 Å². The first-order valence-electron chi connectivity index (χ1n) is 9.36. The van der Waals surface area contributed by atoms with Crippen molar-refractivity contribution < 1.29 is 9.84 Å². The van der Waals surface area contributed by atoms with Crippen molar-refractivity contribution in [1.82, 2.24) is 0 Å². The Bertz CT molecular complexity index is 656. The van der Waals surface area contributed by atoms with E-state index in [-0.39, 0.29) is 24.0 Å². The van der Waals surface area contributed by atoms with Gasteiger partial charge in [-0.25, -0.2) is 0 Å². The number of aliphatic hydroxyl groups excluding tert-OH is 1. The zero-order valence-corrected chi connectivity index (χ0v) is 16.6. The molecule has 25 heavy (non-hydrogen) atoms. The lowest BCUT2D eigenvalue weighted by Gasteiger charge is -2.41. The Labute approximate surface area is 152 Å². The molecule has 0 amide bonds. The highest BCUT2D eigenvalue weighted by Crippen LogP contribution is 2.32. The molecule has 1 heterocycles. The van der Waals surface area contributed by atoms with Crippen molar-refractivity contribution in [1.29, 1.82) is 0 Å². The molecule has 1 saturated heterocycles. The van der Waals surface area contributed by atoms with E-state index in [1.807, 2.05) is 6.07 Å². The summed E-state index contributed by atoms with van der Waals surface area (Å²) in [4.78, 5) is 0. The van der Waals surface area contributed by atoms with Crippen LogP contribution in [0.15, 0.2) is 60.7 Å². The van der Waals surface area contributed by atoms with Crippen LogP contribution in [0.25, 0.3) is 0 Å². The van der Waals surface area contributed by atoms with Crippen LogP contribution in [0, 0.1) is 11.8 Å². The average Bonchev–Trinajstić information content (AvgIpc) is 2.63. The van der Waals surface area contributed by atoms with Crippen LogP contribution < -0.4 is 5.19 Å². The lowest BCUT2D eigenvalue weighted by Crippen LogP contribution is -2.51. The van der Waals surface area contributed by atoms with Crippen molar-refractivity contribution in [3.63, 3.8) is 0 Å². The van der Waals surface area contributed by atoms with Gasteiger partial charge < -0.3 is 9.84 Å². The van der Waals surface area contributed by atoms with Crippen molar-refractivity contribution in [3.8, 4) is 0 Å². The zero-order valence-electron chi connectivity index (χ0n) is 15.6. The summed E-state index contributed by atoms with van der Waals surface area (Å²) in [6.07, 6.45) is 0.752. The Morgan fingerprint density at radius 1 is 1.00 bits per heavy atom. The maximum atomic E-state index is 10.9. The van der Waals surface area contributed by atoms with Crippen LogP contribution in [-0.2, 0) is 11.2 Å². The van der Waals surface area contributed by atoms with E-state index in [2.05, 4.69) is 74.6 Å². The Hall–Kier alpha value is -1.42. The summed E-state index contributed by atoms with van der Waals surface area (Å²) in [5, 5.41) is 12.3. The van der Waals surface area contributed by atoms with E-state index in [0.717, 1.165) is 12.5 Å². The molecule has 2 aromatic rings. The number of hydrogen-bond acceptors (Lipinski definition) is 2. The van der Waals surface area contributed by atoms with E-state index in [1.54, 1.807) is 0 Å². The van der Waals surface area contributed by atoms with E-state index in [0.29, 0.717) is 6.61 Å². The minimum atomic E-state index is -1.57. The second-order valence-electron chi connectivity index (χ2n) is 8.13. The first-order chi connectivity index (χ1) is 12.0. The summed E-state index contributed by atoms with van der Waals surface area (Å²) in [5.74, 6) is 0.369. The van der Waals surface area contributed by atoms with Crippen molar-refractivity contribution in [2.45, 2.75) is 44.7 Å². The lowest BCUT2D eigenvalue weighted by atomic mass is 9.83. The predicted octanol–water partition coefficient (Wildman–Crippen LogP) is 3.86. The maximum Gasteiger partial charge on any atom is 0.0831 e. The van der Waals surface area contributed by atoms with Crippen molar-refractivity contribution in [2.24, 2.45) is 11.8 Å². The van der Waals surface area contributed by atoms with Gasteiger partial charge in [-0.15, -0.1) is 0 Å².